The van der Waals surface area contributed by atoms with E-state index in [9.17, 15) is 0 Å². The Kier molecular flexibility index (Phi) is 12.6. The third-order valence-corrected chi connectivity index (χ3v) is 15.4. The molecule has 0 fully saturated rings. The van der Waals surface area contributed by atoms with E-state index in [1.54, 1.807) is 0 Å². The van der Waals surface area contributed by atoms with E-state index < -0.39 is 0 Å². The van der Waals surface area contributed by atoms with Crippen molar-refractivity contribution in [1.29, 1.82) is 0 Å². The van der Waals surface area contributed by atoms with E-state index in [4.69, 9.17) is 0 Å². The van der Waals surface area contributed by atoms with Crippen LogP contribution in [0.25, 0.3) is 55.6 Å². The Labute approximate surface area is 434 Å². The Morgan fingerprint density at radius 2 is 0.653 bits per heavy atom. The smallest absolute Gasteiger partial charge is 0.0540 e. The van der Waals surface area contributed by atoms with E-state index >= 15 is 0 Å². The molecule has 1 aliphatic carbocycles. The van der Waals surface area contributed by atoms with Gasteiger partial charge in [0, 0.05) is 22.4 Å². The molecule has 368 valence electrons. The maximum atomic E-state index is 2.53. The van der Waals surface area contributed by atoms with Crippen molar-refractivity contribution < 1.29 is 0 Å². The van der Waals surface area contributed by atoms with Crippen molar-refractivity contribution in [3.63, 3.8) is 0 Å². The third-order valence-electron chi connectivity index (χ3n) is 15.4. The maximum absolute atomic E-state index is 2.53. The van der Waals surface area contributed by atoms with E-state index in [0.29, 0.717) is 0 Å². The van der Waals surface area contributed by atoms with E-state index in [2.05, 4.69) is 292 Å². The van der Waals surface area contributed by atoms with Crippen LogP contribution in [0.1, 0.15) is 157 Å². The summed E-state index contributed by atoms with van der Waals surface area (Å²) in [5.41, 5.74) is 24.9. The topological polar surface area (TPSA) is 3.24 Å². The minimum Gasteiger partial charge on any atom is -0.310 e. The fourth-order valence-electron chi connectivity index (χ4n) is 10.6. The molecule has 0 saturated carbocycles. The van der Waals surface area contributed by atoms with Gasteiger partial charge < -0.3 is 4.90 Å². The van der Waals surface area contributed by atoms with Crippen molar-refractivity contribution in [2.24, 2.45) is 0 Å². The first-order valence-corrected chi connectivity index (χ1v) is 26.4. The summed E-state index contributed by atoms with van der Waals surface area (Å²) in [6.07, 6.45) is 0. The normalized spacial score (nSPS) is 13.7. The third kappa shape index (κ3) is 9.89. The molecule has 0 spiro atoms. The second kappa shape index (κ2) is 17.9. The highest BCUT2D eigenvalue weighted by Gasteiger charge is 2.36. The van der Waals surface area contributed by atoms with Crippen molar-refractivity contribution in [3.05, 3.63) is 209 Å². The SMILES string of the molecule is CC(C)(C)c1cc(-c2cc(-c3cc(C(C)(C)C)cc(C(C)(C)C)c3)cc(C(C)(C)C)c2)cc(-c2cc(N(c3ccc4c(c3)C(C)(C)c3ccccc3-4)c3ccccc3-c3ccccc3)cc(C(C)(C)C)c2)c1. The minimum absolute atomic E-state index is 0.0130. The molecular weight excluding hydrogens is 867 g/mol. The van der Waals surface area contributed by atoms with E-state index in [1.807, 2.05) is 0 Å². The van der Waals surface area contributed by atoms with Gasteiger partial charge in [-0.05, 0) is 159 Å². The molecule has 8 aromatic carbocycles. The van der Waals surface area contributed by atoms with Crippen LogP contribution in [0.4, 0.5) is 17.1 Å². The number of fused-ring (bicyclic) bond motifs is 3. The summed E-state index contributed by atoms with van der Waals surface area (Å²) >= 11 is 0. The molecule has 1 heteroatoms. The van der Waals surface area contributed by atoms with Gasteiger partial charge in [0.05, 0.1) is 5.69 Å². The van der Waals surface area contributed by atoms with Gasteiger partial charge in [0.2, 0.25) is 0 Å². The number of nitrogens with zero attached hydrogens (tertiary/aromatic N) is 1. The van der Waals surface area contributed by atoms with E-state index in [-0.39, 0.29) is 32.5 Å². The predicted molar refractivity (Wildman–Crippen MR) is 314 cm³/mol. The van der Waals surface area contributed by atoms with Gasteiger partial charge in [0.1, 0.15) is 0 Å². The monoisotopic (exact) mass is 946 g/mol. The first-order chi connectivity index (χ1) is 33.6. The largest absolute Gasteiger partial charge is 0.310 e. The van der Waals surface area contributed by atoms with Crippen LogP contribution < -0.4 is 4.90 Å². The minimum atomic E-state index is -0.150. The lowest BCUT2D eigenvalue weighted by molar-refractivity contribution is 0.569. The maximum Gasteiger partial charge on any atom is 0.0540 e. The zero-order valence-corrected chi connectivity index (χ0v) is 46.6. The quantitative estimate of drug-likeness (QED) is 0.154. The van der Waals surface area contributed by atoms with Gasteiger partial charge in [-0.25, -0.2) is 0 Å². The molecule has 0 amide bonds. The molecule has 0 unspecified atom stereocenters. The van der Waals surface area contributed by atoms with Crippen LogP contribution in [-0.2, 0) is 32.5 Å². The second-order valence-corrected chi connectivity index (χ2v) is 26.5. The molecule has 0 saturated heterocycles. The van der Waals surface area contributed by atoms with Gasteiger partial charge in [0.15, 0.2) is 0 Å². The molecule has 8 aromatic rings. The van der Waals surface area contributed by atoms with Crippen LogP contribution in [-0.4, -0.2) is 0 Å². The van der Waals surface area contributed by atoms with Gasteiger partial charge in [-0.3, -0.25) is 0 Å². The number of benzene rings is 8. The highest BCUT2D eigenvalue weighted by molar-refractivity contribution is 5.92. The Morgan fingerprint density at radius 3 is 1.14 bits per heavy atom. The molecule has 0 heterocycles. The Morgan fingerprint density at radius 1 is 0.278 bits per heavy atom. The molecule has 0 atom stereocenters. The first-order valence-electron chi connectivity index (χ1n) is 26.4. The molecule has 0 N–H and O–H groups in total. The van der Waals surface area contributed by atoms with Gasteiger partial charge in [-0.2, -0.15) is 0 Å². The lowest BCUT2D eigenvalue weighted by Crippen LogP contribution is -2.18. The molecule has 0 bridgehead atoms. The van der Waals surface area contributed by atoms with Crippen molar-refractivity contribution in [2.45, 2.75) is 150 Å². The van der Waals surface area contributed by atoms with Crippen LogP contribution in [0.15, 0.2) is 170 Å². The summed E-state index contributed by atoms with van der Waals surface area (Å²) in [5.74, 6) is 0. The molecular formula is C71H79N. The summed E-state index contributed by atoms with van der Waals surface area (Å²) in [6, 6.07) is 65.4. The Bertz CT molecular complexity index is 3290. The van der Waals surface area contributed by atoms with Gasteiger partial charge >= 0.3 is 0 Å². The second-order valence-electron chi connectivity index (χ2n) is 26.5. The molecule has 1 aliphatic rings. The fourth-order valence-corrected chi connectivity index (χ4v) is 10.6. The molecule has 72 heavy (non-hydrogen) atoms. The zero-order chi connectivity index (χ0) is 51.9. The fraction of sp³-hybridized carbons (Fsp3) is 0.324. The summed E-state index contributed by atoms with van der Waals surface area (Å²) in [4.78, 5) is 2.53. The predicted octanol–water partition coefficient (Wildman–Crippen LogP) is 20.6. The summed E-state index contributed by atoms with van der Waals surface area (Å²) in [6.45, 7) is 39.9. The van der Waals surface area contributed by atoms with Crippen molar-refractivity contribution in [1.82, 2.24) is 0 Å². The summed E-state index contributed by atoms with van der Waals surface area (Å²) < 4.78 is 0. The number of para-hydroxylation sites is 1. The number of rotatable bonds is 7. The van der Waals surface area contributed by atoms with Gasteiger partial charge in [-0.1, -0.05) is 245 Å². The lowest BCUT2D eigenvalue weighted by Gasteiger charge is -2.32. The molecule has 1 nitrogen and oxygen atoms in total. The van der Waals surface area contributed by atoms with Crippen LogP contribution in [0.5, 0.6) is 0 Å². The highest BCUT2D eigenvalue weighted by Crippen LogP contribution is 2.52. The first kappa shape index (κ1) is 50.5. The van der Waals surface area contributed by atoms with Crippen LogP contribution in [0.2, 0.25) is 0 Å². The number of hydrogen-bond acceptors (Lipinski definition) is 1. The average Bonchev–Trinajstić information content (AvgIpc) is 3.55. The van der Waals surface area contributed by atoms with Crippen LogP contribution >= 0.6 is 0 Å². The van der Waals surface area contributed by atoms with E-state index in [0.717, 1.165) is 17.1 Å². The van der Waals surface area contributed by atoms with Crippen molar-refractivity contribution >= 4 is 17.1 Å². The standard InChI is InChI=1S/C71H79N/c1-66(2,3)53-35-47(33-49(37-53)51-39-55(68(7,8)9)43-56(40-51)69(10,11)12)48-34-50(38-54(36-48)67(4,5)6)52-41-57(70(13,14)15)44-59(42-52)72(65-30-24-22-27-60(65)46-25-19-18-20-26-46)58-31-32-62-61-28-21-23-29-63(61)71(16,17)64(62)45-58/h18-45H,1-17H3. The lowest BCUT2D eigenvalue weighted by atomic mass is 9.77. The zero-order valence-electron chi connectivity index (χ0n) is 46.6. The van der Waals surface area contributed by atoms with Gasteiger partial charge in [0.25, 0.3) is 0 Å². The van der Waals surface area contributed by atoms with Crippen molar-refractivity contribution in [3.8, 4) is 55.6 Å². The molecule has 9 rings (SSSR count). The molecule has 0 radical (unpaired) electrons. The average molecular weight is 946 g/mol. The number of hydrogen-bond donors (Lipinski definition) is 0. The summed E-state index contributed by atoms with van der Waals surface area (Å²) in [7, 11) is 0. The van der Waals surface area contributed by atoms with Crippen LogP contribution in [0, 0.1) is 0 Å². The van der Waals surface area contributed by atoms with Crippen molar-refractivity contribution in [2.75, 3.05) is 4.90 Å². The number of anilines is 3. The van der Waals surface area contributed by atoms with Gasteiger partial charge in [-0.15, -0.1) is 0 Å². The van der Waals surface area contributed by atoms with E-state index in [1.165, 1.54) is 94.6 Å². The van der Waals surface area contributed by atoms with Crippen LogP contribution in [0.3, 0.4) is 0 Å². The summed E-state index contributed by atoms with van der Waals surface area (Å²) in [5, 5.41) is 0. The highest BCUT2D eigenvalue weighted by atomic mass is 15.1. The molecule has 0 aromatic heterocycles. The Balaban J connectivity index is 1.29. The molecule has 0 aliphatic heterocycles. The Hall–Kier alpha value is -6.44.